The lowest BCUT2D eigenvalue weighted by molar-refractivity contribution is 0.232. The highest BCUT2D eigenvalue weighted by atomic mass is 79.9. The first kappa shape index (κ1) is 13.5. The summed E-state index contributed by atoms with van der Waals surface area (Å²) in [7, 11) is 0. The number of hydrogen-bond acceptors (Lipinski definition) is 4. The molecule has 6 nitrogen and oxygen atoms in total. The molecule has 0 radical (unpaired) electrons. The fraction of sp³-hybridized carbons (Fsp3) is 0.200. The summed E-state index contributed by atoms with van der Waals surface area (Å²) < 4.78 is 6.45. The van der Waals surface area contributed by atoms with Crippen molar-refractivity contribution in [1.82, 2.24) is 5.48 Å². The van der Waals surface area contributed by atoms with Crippen LogP contribution in [0.4, 0.5) is 0 Å². The van der Waals surface area contributed by atoms with Crippen LogP contribution < -0.4 is 16.0 Å². The van der Waals surface area contributed by atoms with Gasteiger partial charge >= 0.3 is 0 Å². The molecule has 0 amide bonds. The molecule has 4 N–H and O–H groups in total. The van der Waals surface area contributed by atoms with Crippen LogP contribution >= 0.6 is 15.9 Å². The molecule has 1 aromatic rings. The highest BCUT2D eigenvalue weighted by molar-refractivity contribution is 9.10. The lowest BCUT2D eigenvalue weighted by Crippen LogP contribution is -2.27. The normalized spacial score (nSPS) is 11.8. The second kappa shape index (κ2) is 6.87. The Morgan fingerprint density at radius 2 is 2.41 bits per heavy atom. The van der Waals surface area contributed by atoms with Crippen molar-refractivity contribution >= 4 is 28.1 Å². The van der Waals surface area contributed by atoms with Crippen LogP contribution in [0.1, 0.15) is 5.56 Å². The molecule has 0 atom stereocenters. The number of rotatable bonds is 4. The molecule has 0 spiro atoms. The van der Waals surface area contributed by atoms with Gasteiger partial charge < -0.3 is 10.5 Å². The highest BCUT2D eigenvalue weighted by Gasteiger charge is 1.98. The Hall–Kier alpha value is -1.60. The Morgan fingerprint density at radius 3 is 3.06 bits per heavy atom. The summed E-state index contributed by atoms with van der Waals surface area (Å²) in [4.78, 5) is 0. The smallest absolute Gasteiger partial charge is 0.237 e. The minimum absolute atomic E-state index is 0.180. The van der Waals surface area contributed by atoms with Crippen molar-refractivity contribution in [2.45, 2.75) is 6.92 Å². The zero-order valence-electron chi connectivity index (χ0n) is 9.22. The number of halogens is 1. The van der Waals surface area contributed by atoms with E-state index in [0.717, 1.165) is 15.8 Å². The molecule has 92 valence electrons. The average Bonchev–Trinajstić information content (AvgIpc) is 2.30. The third-order valence-electron chi connectivity index (χ3n) is 1.81. The van der Waals surface area contributed by atoms with E-state index < -0.39 is 0 Å². The fourth-order valence-corrected chi connectivity index (χ4v) is 1.54. The third kappa shape index (κ3) is 4.83. The molecule has 1 rings (SSSR count). The Balaban J connectivity index is 2.46. The third-order valence-corrected chi connectivity index (χ3v) is 2.31. The quantitative estimate of drug-likeness (QED) is 0.445. The molecule has 0 bridgehead atoms. The minimum Gasteiger partial charge on any atom is -0.488 e. The number of nitrogens with zero attached hydrogens (tertiary/aromatic N) is 2. The number of guanidine groups is 1. The number of hydroxylamine groups is 1. The lowest BCUT2D eigenvalue weighted by Gasteiger charge is -2.06. The monoisotopic (exact) mass is 300 g/mol. The Morgan fingerprint density at radius 1 is 1.65 bits per heavy atom. The number of nitrogens with one attached hydrogen (secondary N) is 1. The Kier molecular flexibility index (Phi) is 5.44. The van der Waals surface area contributed by atoms with Crippen LogP contribution in [0.25, 0.3) is 0 Å². The molecule has 0 aliphatic carbocycles. The fourth-order valence-electron chi connectivity index (χ4n) is 1.06. The van der Waals surface area contributed by atoms with Crippen LogP contribution in [0.5, 0.6) is 5.75 Å². The van der Waals surface area contributed by atoms with Gasteiger partial charge in [0.25, 0.3) is 0 Å². The van der Waals surface area contributed by atoms with Gasteiger partial charge in [-0.3, -0.25) is 5.21 Å². The standard InChI is InChI=1S/C10H13BrN4O2/c1-7-6-8(11)2-3-9(7)17-5-4-13-14-10(12)15-16/h2-4,6,16H,5H2,1H3,(H3,12,14,15). The second-order valence-corrected chi connectivity index (χ2v) is 4.03. The van der Waals surface area contributed by atoms with Crippen molar-refractivity contribution in [3.63, 3.8) is 0 Å². The van der Waals surface area contributed by atoms with Gasteiger partial charge in [-0.05, 0) is 30.7 Å². The van der Waals surface area contributed by atoms with E-state index in [2.05, 4.69) is 26.1 Å². The number of aryl methyl sites for hydroxylation is 1. The van der Waals surface area contributed by atoms with E-state index in [1.165, 1.54) is 6.21 Å². The summed E-state index contributed by atoms with van der Waals surface area (Å²) in [5, 5.41) is 15.3. The van der Waals surface area contributed by atoms with Crippen LogP contribution in [0.15, 0.2) is 32.9 Å². The molecule has 0 aliphatic heterocycles. The molecule has 0 fully saturated rings. The SMILES string of the molecule is Cc1cc(Br)ccc1OCC=NN=C(N)NO. The topological polar surface area (TPSA) is 92.2 Å². The van der Waals surface area contributed by atoms with Crippen LogP contribution in [0, 0.1) is 6.92 Å². The molecule has 1 aromatic carbocycles. The number of hydrogen-bond donors (Lipinski definition) is 3. The van der Waals surface area contributed by atoms with E-state index in [9.17, 15) is 0 Å². The largest absolute Gasteiger partial charge is 0.488 e. The van der Waals surface area contributed by atoms with E-state index in [1.807, 2.05) is 25.1 Å². The summed E-state index contributed by atoms with van der Waals surface area (Å²) in [5.41, 5.74) is 7.81. The van der Waals surface area contributed by atoms with Crippen LogP contribution in [-0.4, -0.2) is 24.0 Å². The number of nitrogens with two attached hydrogens (primary N) is 1. The van der Waals surface area contributed by atoms with E-state index in [-0.39, 0.29) is 12.6 Å². The van der Waals surface area contributed by atoms with Gasteiger partial charge in [0.15, 0.2) is 0 Å². The average molecular weight is 301 g/mol. The molecule has 0 heterocycles. The van der Waals surface area contributed by atoms with Gasteiger partial charge in [-0.1, -0.05) is 15.9 Å². The van der Waals surface area contributed by atoms with Gasteiger partial charge in [-0.2, -0.15) is 5.10 Å². The Labute approximate surface area is 107 Å². The van der Waals surface area contributed by atoms with Gasteiger partial charge in [0.1, 0.15) is 12.4 Å². The molecule has 0 saturated carbocycles. The lowest BCUT2D eigenvalue weighted by atomic mass is 10.2. The summed E-state index contributed by atoms with van der Waals surface area (Å²) in [6, 6.07) is 5.71. The van der Waals surface area contributed by atoms with E-state index >= 15 is 0 Å². The summed E-state index contributed by atoms with van der Waals surface area (Å²) in [6.45, 7) is 2.22. The van der Waals surface area contributed by atoms with Crippen LogP contribution in [0.3, 0.4) is 0 Å². The van der Waals surface area contributed by atoms with Gasteiger partial charge in [-0.15, -0.1) is 5.10 Å². The first-order valence-electron chi connectivity index (χ1n) is 4.77. The van der Waals surface area contributed by atoms with Crippen molar-refractivity contribution in [1.29, 1.82) is 0 Å². The van der Waals surface area contributed by atoms with Crippen LogP contribution in [0.2, 0.25) is 0 Å². The van der Waals surface area contributed by atoms with Crippen molar-refractivity contribution in [2.24, 2.45) is 15.9 Å². The van der Waals surface area contributed by atoms with Gasteiger partial charge in [0, 0.05) is 4.47 Å². The van der Waals surface area contributed by atoms with Crippen molar-refractivity contribution < 1.29 is 9.94 Å². The minimum atomic E-state index is -0.180. The molecule has 7 heteroatoms. The molecule has 0 unspecified atom stereocenters. The van der Waals surface area contributed by atoms with Gasteiger partial charge in [0.2, 0.25) is 5.96 Å². The van der Waals surface area contributed by atoms with E-state index in [4.69, 9.17) is 15.7 Å². The van der Waals surface area contributed by atoms with Crippen LogP contribution in [-0.2, 0) is 0 Å². The van der Waals surface area contributed by atoms with Crippen molar-refractivity contribution in [2.75, 3.05) is 6.61 Å². The number of benzene rings is 1. The predicted molar refractivity (Wildman–Crippen MR) is 69.4 cm³/mol. The van der Waals surface area contributed by atoms with Crippen molar-refractivity contribution in [3.05, 3.63) is 28.2 Å². The summed E-state index contributed by atoms with van der Waals surface area (Å²) >= 11 is 3.37. The van der Waals surface area contributed by atoms with E-state index in [1.54, 1.807) is 5.48 Å². The maximum absolute atomic E-state index is 8.32. The highest BCUT2D eigenvalue weighted by Crippen LogP contribution is 2.21. The first-order chi connectivity index (χ1) is 8.13. The molecular formula is C10H13BrN4O2. The summed E-state index contributed by atoms with van der Waals surface area (Å²) in [6.07, 6.45) is 1.44. The van der Waals surface area contributed by atoms with Crippen molar-refractivity contribution in [3.8, 4) is 5.75 Å². The molecule has 0 aliphatic rings. The first-order valence-corrected chi connectivity index (χ1v) is 5.57. The summed E-state index contributed by atoms with van der Waals surface area (Å²) in [5.74, 6) is 0.595. The van der Waals surface area contributed by atoms with Gasteiger partial charge in [-0.25, -0.2) is 5.48 Å². The molecule has 17 heavy (non-hydrogen) atoms. The molecular weight excluding hydrogens is 288 g/mol. The molecule has 0 aromatic heterocycles. The predicted octanol–water partition coefficient (Wildman–Crippen LogP) is 1.42. The maximum Gasteiger partial charge on any atom is 0.237 e. The maximum atomic E-state index is 8.32. The second-order valence-electron chi connectivity index (χ2n) is 3.12. The molecule has 0 saturated heterocycles. The Bertz CT molecular complexity index is 434. The van der Waals surface area contributed by atoms with Gasteiger partial charge in [0.05, 0.1) is 6.21 Å². The zero-order chi connectivity index (χ0) is 12.7. The zero-order valence-corrected chi connectivity index (χ0v) is 10.8. The van der Waals surface area contributed by atoms with E-state index in [0.29, 0.717) is 0 Å². The number of ether oxygens (including phenoxy) is 1.